The Kier molecular flexibility index (Phi) is 4.32. The van der Waals surface area contributed by atoms with Crippen LogP contribution in [0.4, 0.5) is 5.69 Å². The van der Waals surface area contributed by atoms with E-state index in [0.29, 0.717) is 10.8 Å². The van der Waals surface area contributed by atoms with E-state index in [2.05, 4.69) is 10.6 Å². The van der Waals surface area contributed by atoms with Crippen LogP contribution in [0.1, 0.15) is 6.92 Å². The summed E-state index contributed by atoms with van der Waals surface area (Å²) < 4.78 is 0. The van der Waals surface area contributed by atoms with Crippen LogP contribution < -0.4 is 10.6 Å². The van der Waals surface area contributed by atoms with Crippen LogP contribution in [0.25, 0.3) is 0 Å². The summed E-state index contributed by atoms with van der Waals surface area (Å²) in [6.07, 6.45) is 1.40. The molecular weight excluding hydrogens is 206 g/mol. The van der Waals surface area contributed by atoms with Gasteiger partial charge < -0.3 is 10.6 Å². The van der Waals surface area contributed by atoms with Crippen molar-refractivity contribution in [1.82, 2.24) is 5.32 Å². The zero-order chi connectivity index (χ0) is 11.1. The molecule has 3 nitrogen and oxygen atoms in total. The van der Waals surface area contributed by atoms with Gasteiger partial charge in [0, 0.05) is 17.5 Å². The van der Waals surface area contributed by atoms with E-state index in [1.54, 1.807) is 6.92 Å². The van der Waals surface area contributed by atoms with Crippen molar-refractivity contribution in [3.8, 4) is 6.07 Å². The smallest absolute Gasteiger partial charge is 0.175 e. The monoisotopic (exact) mass is 217 g/mol. The number of allylic oxidation sites excluding steroid dienone is 2. The molecule has 2 N–H and O–H groups in total. The first-order valence-electron chi connectivity index (χ1n) is 4.42. The first kappa shape index (κ1) is 11.2. The van der Waals surface area contributed by atoms with Crippen molar-refractivity contribution in [3.05, 3.63) is 42.1 Å². The lowest BCUT2D eigenvalue weighted by Crippen LogP contribution is -2.26. The standard InChI is InChI=1S/C11H11N3S/c1-9(7-8-12)13-11(15)14-10-5-3-2-4-6-10/h2-7H,1H3,(H2,13,14,15). The summed E-state index contributed by atoms with van der Waals surface area (Å²) in [6, 6.07) is 11.5. The fourth-order valence-electron chi connectivity index (χ4n) is 0.996. The van der Waals surface area contributed by atoms with Crippen molar-refractivity contribution >= 4 is 23.0 Å². The van der Waals surface area contributed by atoms with Crippen molar-refractivity contribution < 1.29 is 0 Å². The number of nitrogens with zero attached hydrogens (tertiary/aromatic N) is 1. The van der Waals surface area contributed by atoms with Crippen LogP contribution in [0, 0.1) is 11.3 Å². The maximum atomic E-state index is 8.41. The topological polar surface area (TPSA) is 47.9 Å². The third kappa shape index (κ3) is 4.25. The predicted molar refractivity (Wildman–Crippen MR) is 65.2 cm³/mol. The number of benzene rings is 1. The first-order valence-corrected chi connectivity index (χ1v) is 4.82. The third-order valence-corrected chi connectivity index (χ3v) is 1.83. The van der Waals surface area contributed by atoms with Crippen molar-refractivity contribution in [2.24, 2.45) is 0 Å². The Balaban J connectivity index is 2.51. The molecule has 0 atom stereocenters. The van der Waals surface area contributed by atoms with Gasteiger partial charge in [-0.25, -0.2) is 0 Å². The SMILES string of the molecule is CC(=CC#N)NC(=S)Nc1ccccc1. The number of para-hydroxylation sites is 1. The van der Waals surface area contributed by atoms with Gasteiger partial charge in [-0.2, -0.15) is 5.26 Å². The summed E-state index contributed by atoms with van der Waals surface area (Å²) in [4.78, 5) is 0. The van der Waals surface area contributed by atoms with Crippen LogP contribution in [0.2, 0.25) is 0 Å². The molecule has 0 bridgehead atoms. The number of rotatable bonds is 2. The van der Waals surface area contributed by atoms with Crippen LogP contribution in [-0.2, 0) is 0 Å². The molecule has 0 saturated carbocycles. The van der Waals surface area contributed by atoms with E-state index in [4.69, 9.17) is 17.5 Å². The molecule has 0 heterocycles. The molecule has 1 rings (SSSR count). The Hall–Kier alpha value is -1.86. The molecule has 0 unspecified atom stereocenters. The molecule has 76 valence electrons. The van der Waals surface area contributed by atoms with E-state index >= 15 is 0 Å². The molecule has 4 heteroatoms. The van der Waals surface area contributed by atoms with E-state index in [1.165, 1.54) is 6.08 Å². The zero-order valence-corrected chi connectivity index (χ0v) is 9.14. The molecular formula is C11H11N3S. The second-order valence-electron chi connectivity index (χ2n) is 2.90. The van der Waals surface area contributed by atoms with Crippen molar-refractivity contribution in [3.63, 3.8) is 0 Å². The van der Waals surface area contributed by atoms with Crippen molar-refractivity contribution in [2.75, 3.05) is 5.32 Å². The molecule has 0 aliphatic rings. The Labute approximate surface area is 94.4 Å². The third-order valence-electron chi connectivity index (χ3n) is 1.62. The van der Waals surface area contributed by atoms with Crippen LogP contribution >= 0.6 is 12.2 Å². The number of hydrogen-bond acceptors (Lipinski definition) is 2. The largest absolute Gasteiger partial charge is 0.336 e. The summed E-state index contributed by atoms with van der Waals surface area (Å²) in [5, 5.41) is 14.8. The summed E-state index contributed by atoms with van der Waals surface area (Å²) in [5.74, 6) is 0. The molecule has 1 aromatic carbocycles. The average molecular weight is 217 g/mol. The molecule has 1 aromatic rings. The summed E-state index contributed by atoms with van der Waals surface area (Å²) in [6.45, 7) is 1.78. The van der Waals surface area contributed by atoms with Gasteiger partial charge in [-0.05, 0) is 31.3 Å². The maximum Gasteiger partial charge on any atom is 0.175 e. The van der Waals surface area contributed by atoms with E-state index in [-0.39, 0.29) is 0 Å². The molecule has 15 heavy (non-hydrogen) atoms. The Bertz CT molecular complexity index is 404. The summed E-state index contributed by atoms with van der Waals surface area (Å²) in [7, 11) is 0. The van der Waals surface area contributed by atoms with Crippen LogP contribution in [0.15, 0.2) is 42.1 Å². The normalized spacial score (nSPS) is 10.3. The molecule has 0 amide bonds. The number of thiocarbonyl (C=S) groups is 1. The fraction of sp³-hybridized carbons (Fsp3) is 0.0909. The van der Waals surface area contributed by atoms with Gasteiger partial charge in [-0.1, -0.05) is 18.2 Å². The van der Waals surface area contributed by atoms with Gasteiger partial charge in [-0.3, -0.25) is 0 Å². The Morgan fingerprint density at radius 2 is 2.07 bits per heavy atom. The lowest BCUT2D eigenvalue weighted by atomic mass is 10.3. The van der Waals surface area contributed by atoms with Crippen LogP contribution in [0.5, 0.6) is 0 Å². The highest BCUT2D eigenvalue weighted by Crippen LogP contribution is 2.04. The lowest BCUT2D eigenvalue weighted by Gasteiger charge is -2.09. The molecule has 0 aromatic heterocycles. The van der Waals surface area contributed by atoms with E-state index in [0.717, 1.165) is 5.69 Å². The highest BCUT2D eigenvalue weighted by Gasteiger charge is 1.96. The minimum absolute atomic E-state index is 0.477. The van der Waals surface area contributed by atoms with Gasteiger partial charge in [-0.15, -0.1) is 0 Å². The van der Waals surface area contributed by atoms with E-state index in [9.17, 15) is 0 Å². The van der Waals surface area contributed by atoms with Gasteiger partial charge in [0.2, 0.25) is 0 Å². The first-order chi connectivity index (χ1) is 7.22. The van der Waals surface area contributed by atoms with Gasteiger partial charge in [0.05, 0.1) is 6.07 Å². The number of nitriles is 1. The second-order valence-corrected chi connectivity index (χ2v) is 3.31. The van der Waals surface area contributed by atoms with E-state index < -0.39 is 0 Å². The highest BCUT2D eigenvalue weighted by molar-refractivity contribution is 7.80. The summed E-state index contributed by atoms with van der Waals surface area (Å²) >= 11 is 5.05. The Morgan fingerprint density at radius 3 is 2.67 bits per heavy atom. The Morgan fingerprint density at radius 1 is 1.40 bits per heavy atom. The quantitative estimate of drug-likeness (QED) is 0.590. The number of nitrogens with one attached hydrogen (secondary N) is 2. The second kappa shape index (κ2) is 5.78. The fourth-order valence-corrected chi connectivity index (χ4v) is 1.27. The molecule has 0 aliphatic heterocycles. The minimum Gasteiger partial charge on any atom is -0.336 e. The lowest BCUT2D eigenvalue weighted by molar-refractivity contribution is 1.13. The predicted octanol–water partition coefficient (Wildman–Crippen LogP) is 2.40. The molecule has 0 spiro atoms. The van der Waals surface area contributed by atoms with E-state index in [1.807, 2.05) is 36.4 Å². The molecule has 0 radical (unpaired) electrons. The highest BCUT2D eigenvalue weighted by atomic mass is 32.1. The van der Waals surface area contributed by atoms with Gasteiger partial charge in [0.1, 0.15) is 0 Å². The maximum absolute atomic E-state index is 8.41. The minimum atomic E-state index is 0.477. The zero-order valence-electron chi connectivity index (χ0n) is 8.32. The van der Waals surface area contributed by atoms with Crippen LogP contribution in [-0.4, -0.2) is 5.11 Å². The van der Waals surface area contributed by atoms with Gasteiger partial charge in [0.15, 0.2) is 5.11 Å². The summed E-state index contributed by atoms with van der Waals surface area (Å²) in [5.41, 5.74) is 1.63. The number of anilines is 1. The molecule has 0 aliphatic carbocycles. The molecule has 0 saturated heterocycles. The van der Waals surface area contributed by atoms with Gasteiger partial charge in [0.25, 0.3) is 0 Å². The number of hydrogen-bond donors (Lipinski definition) is 2. The van der Waals surface area contributed by atoms with Crippen LogP contribution in [0.3, 0.4) is 0 Å². The molecule has 0 fully saturated rings. The van der Waals surface area contributed by atoms with Gasteiger partial charge >= 0.3 is 0 Å². The van der Waals surface area contributed by atoms with Crippen molar-refractivity contribution in [1.29, 1.82) is 5.26 Å². The van der Waals surface area contributed by atoms with Crippen molar-refractivity contribution in [2.45, 2.75) is 6.92 Å². The average Bonchev–Trinajstić information content (AvgIpc) is 2.19.